The summed E-state index contributed by atoms with van der Waals surface area (Å²) in [6.45, 7) is 2.93. The quantitative estimate of drug-likeness (QED) is 0.722. The summed E-state index contributed by atoms with van der Waals surface area (Å²) in [5.41, 5.74) is 1.12. The van der Waals surface area contributed by atoms with E-state index in [2.05, 4.69) is 15.9 Å². The molecule has 0 radical (unpaired) electrons. The molecule has 0 N–H and O–H groups in total. The van der Waals surface area contributed by atoms with Crippen LogP contribution in [-0.2, 0) is 0 Å². The largest absolute Gasteiger partial charge is 0.490 e. The summed E-state index contributed by atoms with van der Waals surface area (Å²) in [5.74, 6) is 1.51. The second-order valence-corrected chi connectivity index (χ2v) is 5.41. The van der Waals surface area contributed by atoms with Crippen molar-refractivity contribution >= 4 is 27.5 Å². The highest BCUT2D eigenvalue weighted by molar-refractivity contribution is 9.10. The zero-order valence-electron chi connectivity index (χ0n) is 10.5. The molecule has 0 heterocycles. The molecule has 0 aromatic heterocycles. The number of aryl methyl sites for hydroxylation is 1. The highest BCUT2D eigenvalue weighted by Gasteiger charge is 2.02. The first kappa shape index (κ1) is 14.2. The Labute approximate surface area is 126 Å². The lowest BCUT2D eigenvalue weighted by Crippen LogP contribution is -2.09. The van der Waals surface area contributed by atoms with E-state index < -0.39 is 0 Å². The summed E-state index contributed by atoms with van der Waals surface area (Å²) in [6.07, 6.45) is 0. The van der Waals surface area contributed by atoms with E-state index in [1.165, 1.54) is 0 Å². The SMILES string of the molecule is Cc1ccc(Cl)c(OCCOc2cccc(Br)c2)c1. The molecule has 4 heteroatoms. The van der Waals surface area contributed by atoms with Crippen molar-refractivity contribution in [3.63, 3.8) is 0 Å². The minimum Gasteiger partial charge on any atom is -0.490 e. The van der Waals surface area contributed by atoms with Crippen LogP contribution in [0.25, 0.3) is 0 Å². The molecule has 0 unspecified atom stereocenters. The highest BCUT2D eigenvalue weighted by Crippen LogP contribution is 2.25. The first-order valence-electron chi connectivity index (χ1n) is 5.92. The standard InChI is InChI=1S/C15H14BrClO2/c1-11-5-6-14(17)15(9-11)19-8-7-18-13-4-2-3-12(16)10-13/h2-6,9-10H,7-8H2,1H3. The molecule has 0 aliphatic rings. The van der Waals surface area contributed by atoms with Crippen molar-refractivity contribution in [2.45, 2.75) is 6.92 Å². The summed E-state index contributed by atoms with van der Waals surface area (Å²) >= 11 is 9.44. The Morgan fingerprint density at radius 1 is 1.05 bits per heavy atom. The molecule has 0 spiro atoms. The van der Waals surface area contributed by atoms with E-state index in [0.29, 0.717) is 24.0 Å². The van der Waals surface area contributed by atoms with Gasteiger partial charge in [0.15, 0.2) is 0 Å². The lowest BCUT2D eigenvalue weighted by atomic mass is 10.2. The maximum atomic E-state index is 6.04. The van der Waals surface area contributed by atoms with Gasteiger partial charge in [-0.2, -0.15) is 0 Å². The molecule has 2 aromatic rings. The molecular weight excluding hydrogens is 328 g/mol. The maximum Gasteiger partial charge on any atom is 0.138 e. The fraction of sp³-hybridized carbons (Fsp3) is 0.200. The van der Waals surface area contributed by atoms with Crippen molar-refractivity contribution in [1.82, 2.24) is 0 Å². The number of benzene rings is 2. The van der Waals surface area contributed by atoms with Crippen LogP contribution in [0, 0.1) is 6.92 Å². The second-order valence-electron chi connectivity index (χ2n) is 4.09. The molecule has 0 aliphatic heterocycles. The van der Waals surface area contributed by atoms with Crippen LogP contribution in [0.1, 0.15) is 5.56 Å². The lowest BCUT2D eigenvalue weighted by molar-refractivity contribution is 0.217. The van der Waals surface area contributed by atoms with Crippen molar-refractivity contribution in [1.29, 1.82) is 0 Å². The van der Waals surface area contributed by atoms with Gasteiger partial charge in [0.05, 0.1) is 5.02 Å². The van der Waals surface area contributed by atoms with Gasteiger partial charge < -0.3 is 9.47 Å². The third kappa shape index (κ3) is 4.44. The fourth-order valence-electron chi connectivity index (χ4n) is 1.59. The summed E-state index contributed by atoms with van der Waals surface area (Å²) in [7, 11) is 0. The van der Waals surface area contributed by atoms with Crippen molar-refractivity contribution in [3.8, 4) is 11.5 Å². The topological polar surface area (TPSA) is 18.5 Å². The van der Waals surface area contributed by atoms with E-state index in [1.807, 2.05) is 49.4 Å². The van der Waals surface area contributed by atoms with Gasteiger partial charge in [-0.15, -0.1) is 0 Å². The normalized spacial score (nSPS) is 10.3. The lowest BCUT2D eigenvalue weighted by Gasteiger charge is -2.10. The molecule has 0 fully saturated rings. The third-order valence-corrected chi connectivity index (χ3v) is 3.30. The van der Waals surface area contributed by atoms with Crippen molar-refractivity contribution in [3.05, 3.63) is 57.5 Å². The predicted molar refractivity (Wildman–Crippen MR) is 81.3 cm³/mol. The maximum absolute atomic E-state index is 6.04. The van der Waals surface area contributed by atoms with Crippen LogP contribution >= 0.6 is 27.5 Å². The molecular formula is C15H14BrClO2. The molecule has 0 amide bonds. The number of hydrogen-bond acceptors (Lipinski definition) is 2. The second kappa shape index (κ2) is 6.83. The molecule has 0 atom stereocenters. The Balaban J connectivity index is 1.82. The van der Waals surface area contributed by atoms with Crippen LogP contribution in [0.2, 0.25) is 5.02 Å². The fourth-order valence-corrected chi connectivity index (χ4v) is 2.14. The van der Waals surface area contributed by atoms with E-state index in [4.69, 9.17) is 21.1 Å². The van der Waals surface area contributed by atoms with Gasteiger partial charge in [0.25, 0.3) is 0 Å². The smallest absolute Gasteiger partial charge is 0.138 e. The Hall–Kier alpha value is -1.19. The van der Waals surface area contributed by atoms with Crippen LogP contribution in [0.4, 0.5) is 0 Å². The van der Waals surface area contributed by atoms with Gasteiger partial charge in [0.1, 0.15) is 24.7 Å². The van der Waals surface area contributed by atoms with Gasteiger partial charge in [-0.25, -0.2) is 0 Å². The van der Waals surface area contributed by atoms with Crippen molar-refractivity contribution in [2.24, 2.45) is 0 Å². The zero-order chi connectivity index (χ0) is 13.7. The van der Waals surface area contributed by atoms with Gasteiger partial charge in [-0.3, -0.25) is 0 Å². The molecule has 19 heavy (non-hydrogen) atoms. The number of halogens is 2. The minimum atomic E-state index is 0.454. The van der Waals surface area contributed by atoms with Crippen LogP contribution < -0.4 is 9.47 Å². The molecule has 2 nitrogen and oxygen atoms in total. The van der Waals surface area contributed by atoms with E-state index in [1.54, 1.807) is 0 Å². The number of rotatable bonds is 5. The summed E-state index contributed by atoms with van der Waals surface area (Å²) < 4.78 is 12.2. The Bertz CT molecular complexity index is 558. The molecule has 2 rings (SSSR count). The first-order valence-corrected chi connectivity index (χ1v) is 7.09. The van der Waals surface area contributed by atoms with E-state index in [-0.39, 0.29) is 0 Å². The van der Waals surface area contributed by atoms with E-state index >= 15 is 0 Å². The van der Waals surface area contributed by atoms with Gasteiger partial charge >= 0.3 is 0 Å². The number of hydrogen-bond donors (Lipinski definition) is 0. The molecule has 0 aliphatic carbocycles. The van der Waals surface area contributed by atoms with Gasteiger partial charge in [0, 0.05) is 4.47 Å². The first-order chi connectivity index (χ1) is 9.15. The molecule has 100 valence electrons. The van der Waals surface area contributed by atoms with Gasteiger partial charge in [-0.05, 0) is 42.8 Å². The monoisotopic (exact) mass is 340 g/mol. The van der Waals surface area contributed by atoms with Crippen LogP contribution in [0.5, 0.6) is 11.5 Å². The Morgan fingerprint density at radius 2 is 1.84 bits per heavy atom. The Kier molecular flexibility index (Phi) is 5.11. The van der Waals surface area contributed by atoms with E-state index in [9.17, 15) is 0 Å². The highest BCUT2D eigenvalue weighted by atomic mass is 79.9. The average molecular weight is 342 g/mol. The molecule has 0 saturated carbocycles. The zero-order valence-corrected chi connectivity index (χ0v) is 12.9. The van der Waals surface area contributed by atoms with E-state index in [0.717, 1.165) is 15.8 Å². The predicted octanol–water partition coefficient (Wildman–Crippen LogP) is 4.87. The minimum absolute atomic E-state index is 0.454. The van der Waals surface area contributed by atoms with Crippen LogP contribution in [-0.4, -0.2) is 13.2 Å². The van der Waals surface area contributed by atoms with Gasteiger partial charge in [0.2, 0.25) is 0 Å². The summed E-state index contributed by atoms with van der Waals surface area (Å²) in [6, 6.07) is 13.4. The summed E-state index contributed by atoms with van der Waals surface area (Å²) in [5, 5.41) is 0.619. The van der Waals surface area contributed by atoms with Gasteiger partial charge in [-0.1, -0.05) is 39.7 Å². The third-order valence-electron chi connectivity index (χ3n) is 2.49. The molecule has 0 saturated heterocycles. The van der Waals surface area contributed by atoms with Crippen molar-refractivity contribution in [2.75, 3.05) is 13.2 Å². The van der Waals surface area contributed by atoms with Crippen LogP contribution in [0.15, 0.2) is 46.9 Å². The molecule has 0 bridgehead atoms. The summed E-state index contributed by atoms with van der Waals surface area (Å²) in [4.78, 5) is 0. The Morgan fingerprint density at radius 3 is 2.63 bits per heavy atom. The van der Waals surface area contributed by atoms with Crippen molar-refractivity contribution < 1.29 is 9.47 Å². The average Bonchev–Trinajstić information content (AvgIpc) is 2.39. The van der Waals surface area contributed by atoms with Crippen LogP contribution in [0.3, 0.4) is 0 Å². The number of ether oxygens (including phenoxy) is 2. The molecule has 2 aromatic carbocycles.